The van der Waals surface area contributed by atoms with Crippen LogP contribution in [0.3, 0.4) is 0 Å². The van der Waals surface area contributed by atoms with E-state index < -0.39 is 83.7 Å². The van der Waals surface area contributed by atoms with Crippen LogP contribution >= 0.6 is 11.6 Å². The van der Waals surface area contributed by atoms with Gasteiger partial charge < -0.3 is 76.8 Å². The first-order valence-corrected chi connectivity index (χ1v) is 43.0. The molecule has 121 heavy (non-hydrogen) atoms. The summed E-state index contributed by atoms with van der Waals surface area (Å²) in [4.78, 5) is 125. The van der Waals surface area contributed by atoms with Gasteiger partial charge in [0.05, 0.1) is 18.1 Å². The van der Waals surface area contributed by atoms with Crippen LogP contribution in [0, 0.1) is 35.2 Å². The molecule has 0 saturated heterocycles. The number of carbonyl (C=O) groups is 9. The summed E-state index contributed by atoms with van der Waals surface area (Å²) in [6.45, 7) is 25.2. The van der Waals surface area contributed by atoms with E-state index in [1.54, 1.807) is 84.4 Å². The summed E-state index contributed by atoms with van der Waals surface area (Å²) < 4.78 is 59.6. The number of amides is 9. The van der Waals surface area contributed by atoms with Crippen molar-refractivity contribution in [3.63, 3.8) is 0 Å². The average molecular weight is 1700 g/mol. The molecule has 6 aromatic carbocycles. The molecule has 24 nitrogen and oxygen atoms in total. The van der Waals surface area contributed by atoms with Crippen molar-refractivity contribution >= 4 is 64.8 Å². The highest BCUT2D eigenvalue weighted by molar-refractivity contribution is 6.30. The second-order valence-electron chi connectivity index (χ2n) is 32.3. The van der Waals surface area contributed by atoms with Gasteiger partial charge in [-0.1, -0.05) is 151 Å². The van der Waals surface area contributed by atoms with E-state index in [2.05, 4.69) is 47.9 Å². The molecule has 0 spiro atoms. The molecule has 6 aromatic rings. The summed E-state index contributed by atoms with van der Waals surface area (Å²) in [7, 11) is 4.80. The third-order valence-electron chi connectivity index (χ3n) is 22.9. The Labute approximate surface area is 717 Å². The van der Waals surface area contributed by atoms with Crippen molar-refractivity contribution in [3.05, 3.63) is 195 Å². The largest absolute Gasteiger partial charge is 0.489 e. The van der Waals surface area contributed by atoms with Crippen molar-refractivity contribution < 1.29 is 70.5 Å². The molecule has 0 radical (unpaired) electrons. The van der Waals surface area contributed by atoms with E-state index in [1.807, 2.05) is 123 Å². The van der Waals surface area contributed by atoms with Gasteiger partial charge in [-0.3, -0.25) is 43.2 Å². The van der Waals surface area contributed by atoms with Crippen LogP contribution in [0.5, 0.6) is 17.2 Å². The Morgan fingerprint density at radius 2 is 0.661 bits per heavy atom. The van der Waals surface area contributed by atoms with Crippen molar-refractivity contribution in [1.82, 2.24) is 62.6 Å². The number of nitrogens with one attached hydrogen (secondary N) is 9. The van der Waals surface area contributed by atoms with Gasteiger partial charge in [-0.25, -0.2) is 13.2 Å². The molecular formula is C93H128ClF3N12O12. The molecule has 9 N–H and O–H groups in total. The number of halogens is 4. The van der Waals surface area contributed by atoms with Crippen LogP contribution < -0.4 is 62.1 Å². The molecule has 9 rings (SSSR count). The third-order valence-corrected chi connectivity index (χ3v) is 23.2. The number of ether oxygens (including phenoxy) is 3. The van der Waals surface area contributed by atoms with Gasteiger partial charge in [-0.2, -0.15) is 0 Å². The maximum absolute atomic E-state index is 14.1. The Kier molecular flexibility index (Phi) is 39.8. The number of benzene rings is 6. The molecule has 3 aliphatic heterocycles. The van der Waals surface area contributed by atoms with E-state index in [1.165, 1.54) is 51.1 Å². The first-order chi connectivity index (χ1) is 57.7. The van der Waals surface area contributed by atoms with Gasteiger partial charge in [0.25, 0.3) is 0 Å². The molecule has 0 aliphatic carbocycles. The van der Waals surface area contributed by atoms with E-state index in [0.717, 1.165) is 59.4 Å². The van der Waals surface area contributed by atoms with Gasteiger partial charge in [0.2, 0.25) is 53.2 Å². The lowest BCUT2D eigenvalue weighted by Gasteiger charge is -2.33. The first kappa shape index (κ1) is 98.0. The summed E-state index contributed by atoms with van der Waals surface area (Å²) in [5, 5.41) is 28.0. The minimum Gasteiger partial charge on any atom is -0.489 e. The first-order valence-electron chi connectivity index (χ1n) is 42.6. The van der Waals surface area contributed by atoms with Crippen molar-refractivity contribution in [1.29, 1.82) is 0 Å². The molecule has 15 atom stereocenters. The number of carbonyl (C=O) groups excluding carboxylic acids is 9. The van der Waals surface area contributed by atoms with Gasteiger partial charge in [0.15, 0.2) is 0 Å². The number of likely N-dealkylation sites (N-methyl/N-ethyl adjacent to an activating group) is 3. The van der Waals surface area contributed by atoms with Crippen LogP contribution in [-0.2, 0) is 81.7 Å². The molecule has 0 saturated carbocycles. The molecule has 3 heterocycles. The summed E-state index contributed by atoms with van der Waals surface area (Å²) in [5.41, 5.74) is 5.14. The number of nitrogens with zero attached hydrogens (tertiary/aromatic N) is 3. The molecule has 28 heteroatoms. The maximum Gasteiger partial charge on any atom is 0.243 e. The second-order valence-corrected chi connectivity index (χ2v) is 32.7. The second kappa shape index (κ2) is 49.1. The lowest BCUT2D eigenvalue weighted by atomic mass is 9.97. The number of fused-ring (bicyclic) bond motifs is 3. The molecule has 0 bridgehead atoms. The Hall–Kier alpha value is -10.1. The third kappa shape index (κ3) is 30.5. The minimum atomic E-state index is -0.938. The summed E-state index contributed by atoms with van der Waals surface area (Å²) in [6, 6.07) is 32.2. The fourth-order valence-corrected chi connectivity index (χ4v) is 14.3. The van der Waals surface area contributed by atoms with E-state index in [-0.39, 0.29) is 90.2 Å². The standard InChI is InChI=1S/C31H43ClN4O4.C31H42F2N4O4.C31H43FN4O4/c1-6-20(2)28-31(39)36(5)22(4)29(37)35-26(18-23-13-15-25(32)16-14-23)30(38)33-17-9-11-24-10-7-8-12-27(24)40-21(3)19-34-28;1-6-19(2)28-31(40)37(5)21(4)29(38)36-26(16-22-9-12-24(32)13-10-22)30(39)34-15-7-8-23-11-14-25(33)17-27(23)41-20(3)18-35-28;1-6-20(2)28-31(39)36(5)22(4)29(37)35-26(18-23-13-15-25(32)16-14-23)30(38)33-17-9-11-24-10-7-8-12-27(24)40-21(3)19-34-28/h7-8,10,12-16,20-22,26,28,34H,6,9,11,17-19H2,1-5H3,(H,33,38)(H,35,37);9-14,17,19-21,26,28,35H,6-8,15-16,18H2,1-5H3,(H,34,39)(H,36,38);7-8,10,12-16,20-22,26,28,34H,6,9,11,17-19H2,1-5H3,(H,33,38)(H,35,37)/t20?,21-,22-,26-,28+;19?,20-,21-,26-,28+;20?,21-,22-,26-,28+/m111/s1. The Morgan fingerprint density at radius 1 is 0.380 bits per heavy atom. The van der Waals surface area contributed by atoms with Crippen LogP contribution in [0.25, 0.3) is 0 Å². The van der Waals surface area contributed by atoms with Crippen molar-refractivity contribution in [2.24, 2.45) is 17.8 Å². The topological polar surface area (TPSA) is 299 Å². The van der Waals surface area contributed by atoms with Crippen molar-refractivity contribution in [3.8, 4) is 17.2 Å². The molecule has 660 valence electrons. The molecule has 0 fully saturated rings. The van der Waals surface area contributed by atoms with E-state index in [9.17, 15) is 56.3 Å². The molecule has 9 amide bonds. The number of hydrogen-bond acceptors (Lipinski definition) is 15. The van der Waals surface area contributed by atoms with Crippen molar-refractivity contribution in [2.75, 3.05) is 60.4 Å². The predicted molar refractivity (Wildman–Crippen MR) is 465 cm³/mol. The highest BCUT2D eigenvalue weighted by Gasteiger charge is 2.38. The Bertz CT molecular complexity index is 4160. The van der Waals surface area contributed by atoms with Crippen LogP contribution in [-0.4, -0.2) is 201 Å². The highest BCUT2D eigenvalue weighted by atomic mass is 35.5. The van der Waals surface area contributed by atoms with Gasteiger partial charge >= 0.3 is 0 Å². The van der Waals surface area contributed by atoms with E-state index in [0.29, 0.717) is 99.7 Å². The quantitative estimate of drug-likeness (QED) is 0.0550. The summed E-state index contributed by atoms with van der Waals surface area (Å²) >= 11 is 6.04. The predicted octanol–water partition coefficient (Wildman–Crippen LogP) is 10.4. The molecule has 3 aliphatic rings. The normalized spacial score (nSPS) is 24.5. The Morgan fingerprint density at radius 3 is 0.975 bits per heavy atom. The van der Waals surface area contributed by atoms with Crippen molar-refractivity contribution in [2.45, 2.75) is 233 Å². The summed E-state index contributed by atoms with van der Waals surface area (Å²) in [6.07, 6.45) is 6.07. The van der Waals surface area contributed by atoms with E-state index in [4.69, 9.17) is 25.8 Å². The number of para-hydroxylation sites is 2. The van der Waals surface area contributed by atoms with Crippen LogP contribution in [0.15, 0.2) is 140 Å². The van der Waals surface area contributed by atoms with Gasteiger partial charge in [0, 0.05) is 90.8 Å². The van der Waals surface area contributed by atoms with Gasteiger partial charge in [0.1, 0.15) is 89.3 Å². The van der Waals surface area contributed by atoms with Crippen LogP contribution in [0.4, 0.5) is 13.2 Å². The zero-order valence-electron chi connectivity index (χ0n) is 72.9. The smallest absolute Gasteiger partial charge is 0.243 e. The fourth-order valence-electron chi connectivity index (χ4n) is 14.1. The lowest BCUT2D eigenvalue weighted by molar-refractivity contribution is -0.141. The molecular weight excluding hydrogens is 1570 g/mol. The number of aryl methyl sites for hydroxylation is 3. The van der Waals surface area contributed by atoms with E-state index >= 15 is 0 Å². The van der Waals surface area contributed by atoms with Crippen LogP contribution in [0.2, 0.25) is 5.02 Å². The van der Waals surface area contributed by atoms with Crippen LogP contribution in [0.1, 0.15) is 155 Å². The van der Waals surface area contributed by atoms with Gasteiger partial charge in [-0.15, -0.1) is 0 Å². The average Bonchev–Trinajstić information content (AvgIpc) is 0.843. The van der Waals surface area contributed by atoms with Gasteiger partial charge in [-0.05, 0) is 186 Å². The maximum atomic E-state index is 14.1. The fraction of sp³-hybridized carbons (Fsp3) is 0.516. The Balaban J connectivity index is 0.000000250. The minimum absolute atomic E-state index is 0.0206. The zero-order chi connectivity index (χ0) is 88.6. The number of hydrogen-bond donors (Lipinski definition) is 9. The SMILES string of the molecule is CCC(C)[C@@H]1NC[C@@H](C)Oc2cc(F)ccc2CCCNC(=O)[C@@H](Cc2ccc(F)cc2)NC(=O)[C@@H](C)N(C)C1=O.CCC(C)[C@@H]1NC[C@@H](C)Oc2ccccc2CCCNC(=O)[C@@H](Cc2ccc(Cl)cc2)NC(=O)[C@@H](C)N(C)C1=O.CCC(C)[C@@H]1NC[C@@H](C)Oc2ccccc2CCCNC(=O)[C@@H](Cc2ccc(F)cc2)NC(=O)[C@@H](C)N(C)C1=O. The molecule has 0 aromatic heterocycles. The highest BCUT2D eigenvalue weighted by Crippen LogP contribution is 2.27. The molecule has 3 unspecified atom stereocenters. The summed E-state index contributed by atoms with van der Waals surface area (Å²) in [5.74, 6) is -2.12. The monoisotopic (exact) mass is 1700 g/mol. The zero-order valence-corrected chi connectivity index (χ0v) is 73.7. The lowest BCUT2D eigenvalue weighted by Crippen LogP contribution is -2.57. The number of rotatable bonds is 12.